The summed E-state index contributed by atoms with van der Waals surface area (Å²) in [6.45, 7) is 7.79. The molecule has 17 heavy (non-hydrogen) atoms. The normalized spacial score (nSPS) is 14.1. The summed E-state index contributed by atoms with van der Waals surface area (Å²) >= 11 is 0. The molecule has 1 unspecified atom stereocenters. The fraction of sp³-hybridized carbons (Fsp3) is 0.615. The van der Waals surface area contributed by atoms with Crippen LogP contribution in [0, 0.1) is 11.2 Å². The molecule has 3 nitrogen and oxygen atoms in total. The third kappa shape index (κ3) is 4.06. The van der Waals surface area contributed by atoms with E-state index in [1.54, 1.807) is 6.20 Å². The first-order valence-electron chi connectivity index (χ1n) is 5.86. The Hall–Kier alpha value is -1.00. The Morgan fingerprint density at radius 1 is 1.47 bits per heavy atom. The minimum atomic E-state index is -0.291. The number of aromatic nitrogens is 1. The molecule has 96 valence electrons. The van der Waals surface area contributed by atoms with Gasteiger partial charge in [-0.1, -0.05) is 13.8 Å². The maximum absolute atomic E-state index is 13.1. The molecular weight excluding hydrogens is 217 g/mol. The summed E-state index contributed by atoms with van der Waals surface area (Å²) < 4.78 is 13.1. The molecule has 0 aliphatic rings. The lowest BCUT2D eigenvalue weighted by molar-refractivity contribution is 0.174. The van der Waals surface area contributed by atoms with Crippen LogP contribution in [0.3, 0.4) is 0 Å². The molecular formula is C13H22FN3. The van der Waals surface area contributed by atoms with Gasteiger partial charge in [-0.3, -0.25) is 9.88 Å². The van der Waals surface area contributed by atoms with Crippen LogP contribution in [0.15, 0.2) is 18.5 Å². The summed E-state index contributed by atoms with van der Waals surface area (Å²) in [5.74, 6) is -0.291. The van der Waals surface area contributed by atoms with E-state index in [9.17, 15) is 4.39 Å². The van der Waals surface area contributed by atoms with Crippen LogP contribution in [0.5, 0.6) is 0 Å². The van der Waals surface area contributed by atoms with Crippen molar-refractivity contribution in [3.63, 3.8) is 0 Å². The van der Waals surface area contributed by atoms with Gasteiger partial charge in [0.15, 0.2) is 0 Å². The van der Waals surface area contributed by atoms with Gasteiger partial charge in [0.25, 0.3) is 0 Å². The number of halogens is 1. The van der Waals surface area contributed by atoms with Crippen LogP contribution in [-0.2, 0) is 0 Å². The predicted octanol–water partition coefficient (Wildman–Crippen LogP) is 2.20. The summed E-state index contributed by atoms with van der Waals surface area (Å²) in [7, 11) is 2.02. The van der Waals surface area contributed by atoms with Crippen molar-refractivity contribution in [2.45, 2.75) is 26.8 Å². The van der Waals surface area contributed by atoms with Gasteiger partial charge in [-0.15, -0.1) is 0 Å². The van der Waals surface area contributed by atoms with Gasteiger partial charge in [0.2, 0.25) is 0 Å². The van der Waals surface area contributed by atoms with E-state index in [1.807, 2.05) is 14.0 Å². The Bertz CT molecular complexity index is 365. The number of nitrogens with two attached hydrogens (primary N) is 1. The van der Waals surface area contributed by atoms with Crippen LogP contribution in [0.4, 0.5) is 4.39 Å². The second-order valence-corrected chi connectivity index (χ2v) is 5.40. The molecule has 0 aromatic carbocycles. The Kier molecular flexibility index (Phi) is 4.60. The van der Waals surface area contributed by atoms with E-state index >= 15 is 0 Å². The highest BCUT2D eigenvalue weighted by Gasteiger charge is 2.21. The molecule has 1 rings (SSSR count). The SMILES string of the molecule is CC(c1cncc(F)c1)N(C)CC(C)(C)CN. The lowest BCUT2D eigenvalue weighted by Crippen LogP contribution is -2.37. The number of nitrogens with zero attached hydrogens (tertiary/aromatic N) is 2. The fourth-order valence-electron chi connectivity index (χ4n) is 1.79. The molecule has 1 aromatic heterocycles. The molecule has 0 fully saturated rings. The van der Waals surface area contributed by atoms with Crippen LogP contribution in [-0.4, -0.2) is 30.0 Å². The number of hydrogen-bond acceptors (Lipinski definition) is 3. The Morgan fingerprint density at radius 3 is 2.65 bits per heavy atom. The Balaban J connectivity index is 2.73. The zero-order valence-electron chi connectivity index (χ0n) is 11.1. The molecule has 1 aromatic rings. The van der Waals surface area contributed by atoms with Crippen molar-refractivity contribution in [3.8, 4) is 0 Å². The van der Waals surface area contributed by atoms with Crippen LogP contribution >= 0.6 is 0 Å². The predicted molar refractivity (Wildman–Crippen MR) is 68.1 cm³/mol. The summed E-state index contributed by atoms with van der Waals surface area (Å²) in [6.07, 6.45) is 2.93. The van der Waals surface area contributed by atoms with Crippen molar-refractivity contribution in [1.29, 1.82) is 0 Å². The monoisotopic (exact) mass is 239 g/mol. The highest BCUT2D eigenvalue weighted by atomic mass is 19.1. The largest absolute Gasteiger partial charge is 0.330 e. The van der Waals surface area contributed by atoms with Crippen LogP contribution < -0.4 is 5.73 Å². The molecule has 0 bridgehead atoms. The first-order valence-corrected chi connectivity index (χ1v) is 5.86. The fourth-order valence-corrected chi connectivity index (χ4v) is 1.79. The molecule has 1 heterocycles. The van der Waals surface area contributed by atoms with E-state index in [0.717, 1.165) is 12.1 Å². The van der Waals surface area contributed by atoms with Gasteiger partial charge in [-0.25, -0.2) is 4.39 Å². The van der Waals surface area contributed by atoms with Crippen LogP contribution in [0.1, 0.15) is 32.4 Å². The highest BCUT2D eigenvalue weighted by molar-refractivity contribution is 5.14. The molecule has 2 N–H and O–H groups in total. The number of rotatable bonds is 5. The van der Waals surface area contributed by atoms with Gasteiger partial charge < -0.3 is 5.73 Å². The minimum Gasteiger partial charge on any atom is -0.330 e. The van der Waals surface area contributed by atoms with Gasteiger partial charge >= 0.3 is 0 Å². The quantitative estimate of drug-likeness (QED) is 0.856. The van der Waals surface area contributed by atoms with Gasteiger partial charge in [-0.2, -0.15) is 0 Å². The van der Waals surface area contributed by atoms with E-state index in [0.29, 0.717) is 6.54 Å². The van der Waals surface area contributed by atoms with Crippen molar-refractivity contribution in [2.24, 2.45) is 11.1 Å². The van der Waals surface area contributed by atoms with Crippen molar-refractivity contribution in [3.05, 3.63) is 29.8 Å². The van der Waals surface area contributed by atoms with Crippen molar-refractivity contribution < 1.29 is 4.39 Å². The van der Waals surface area contributed by atoms with E-state index in [1.165, 1.54) is 12.3 Å². The number of pyridine rings is 1. The molecule has 0 spiro atoms. The van der Waals surface area contributed by atoms with Crippen molar-refractivity contribution in [1.82, 2.24) is 9.88 Å². The highest BCUT2D eigenvalue weighted by Crippen LogP contribution is 2.23. The first-order chi connectivity index (χ1) is 7.85. The maximum Gasteiger partial charge on any atom is 0.141 e. The summed E-state index contributed by atoms with van der Waals surface area (Å²) in [5, 5.41) is 0. The molecule has 0 saturated heterocycles. The standard InChI is InChI=1S/C13H22FN3/c1-10(11-5-12(14)7-16-6-11)17(4)9-13(2,3)8-15/h5-7,10H,8-9,15H2,1-4H3. The third-order valence-corrected chi connectivity index (χ3v) is 3.10. The lowest BCUT2D eigenvalue weighted by Gasteiger charge is -2.33. The zero-order chi connectivity index (χ0) is 13.1. The molecule has 0 aliphatic carbocycles. The average Bonchev–Trinajstić information content (AvgIpc) is 2.27. The molecule has 0 amide bonds. The second kappa shape index (κ2) is 5.56. The number of hydrogen-bond donors (Lipinski definition) is 1. The van der Waals surface area contributed by atoms with Gasteiger partial charge in [0, 0.05) is 18.8 Å². The van der Waals surface area contributed by atoms with Gasteiger partial charge in [-0.05, 0) is 37.6 Å². The van der Waals surface area contributed by atoms with Crippen LogP contribution in [0.2, 0.25) is 0 Å². The van der Waals surface area contributed by atoms with Gasteiger partial charge in [0.1, 0.15) is 5.82 Å². The van der Waals surface area contributed by atoms with Gasteiger partial charge in [0.05, 0.1) is 6.20 Å². The topological polar surface area (TPSA) is 42.2 Å². The van der Waals surface area contributed by atoms with E-state index in [2.05, 4.69) is 23.7 Å². The Labute approximate surface area is 103 Å². The minimum absolute atomic E-state index is 0.0593. The average molecular weight is 239 g/mol. The van der Waals surface area contributed by atoms with E-state index in [4.69, 9.17) is 5.73 Å². The second-order valence-electron chi connectivity index (χ2n) is 5.40. The summed E-state index contributed by atoms with van der Waals surface area (Å²) in [6, 6.07) is 1.66. The maximum atomic E-state index is 13.1. The zero-order valence-corrected chi connectivity index (χ0v) is 11.1. The van der Waals surface area contributed by atoms with Crippen molar-refractivity contribution >= 4 is 0 Å². The summed E-state index contributed by atoms with van der Waals surface area (Å²) in [5.41, 5.74) is 6.67. The molecule has 0 radical (unpaired) electrons. The van der Waals surface area contributed by atoms with E-state index in [-0.39, 0.29) is 17.3 Å². The lowest BCUT2D eigenvalue weighted by atomic mass is 9.92. The molecule has 0 aliphatic heterocycles. The van der Waals surface area contributed by atoms with E-state index < -0.39 is 0 Å². The molecule has 4 heteroatoms. The third-order valence-electron chi connectivity index (χ3n) is 3.10. The smallest absolute Gasteiger partial charge is 0.141 e. The summed E-state index contributed by atoms with van der Waals surface area (Å²) in [4.78, 5) is 6.05. The van der Waals surface area contributed by atoms with Crippen molar-refractivity contribution in [2.75, 3.05) is 20.1 Å². The Morgan fingerprint density at radius 2 is 2.12 bits per heavy atom. The molecule has 0 saturated carbocycles. The molecule has 1 atom stereocenters. The van der Waals surface area contributed by atoms with Crippen LogP contribution in [0.25, 0.3) is 0 Å². The first kappa shape index (κ1) is 14.1.